The molecule has 1 saturated heterocycles. The van der Waals surface area contributed by atoms with Crippen LogP contribution in [-0.2, 0) is 26.7 Å². The van der Waals surface area contributed by atoms with Crippen molar-refractivity contribution in [2.45, 2.75) is 36.5 Å². The Labute approximate surface area is 154 Å². The van der Waals surface area contributed by atoms with E-state index in [2.05, 4.69) is 19.1 Å². The standard InChI is InChI=1S/C20H23NO4S/c1-20(17-7-3-2-4-8-17)10-12-21(13-11-20)26(24,25)18-9-5-6-16(14-18)15-19(22)23/h2-9,14H,10-13,15H2,1H3,(H,22,23). The fraction of sp³-hybridized carbons (Fsp3) is 0.350. The van der Waals surface area contributed by atoms with E-state index in [9.17, 15) is 13.2 Å². The summed E-state index contributed by atoms with van der Waals surface area (Å²) in [6, 6.07) is 16.4. The minimum absolute atomic E-state index is 0.0293. The molecule has 1 aliphatic heterocycles. The third-order valence-corrected chi connectivity index (χ3v) is 7.08. The second-order valence-electron chi connectivity index (χ2n) is 7.05. The third kappa shape index (κ3) is 3.81. The highest BCUT2D eigenvalue weighted by molar-refractivity contribution is 7.89. The van der Waals surface area contributed by atoms with Crippen LogP contribution in [0.3, 0.4) is 0 Å². The lowest BCUT2D eigenvalue weighted by Gasteiger charge is -2.39. The van der Waals surface area contributed by atoms with Crippen LogP contribution in [0.2, 0.25) is 0 Å². The Balaban J connectivity index is 1.77. The average Bonchev–Trinajstić information content (AvgIpc) is 2.62. The fourth-order valence-corrected chi connectivity index (χ4v) is 5.00. The first-order chi connectivity index (χ1) is 12.3. The number of rotatable bonds is 5. The molecule has 1 N–H and O–H groups in total. The van der Waals surface area contributed by atoms with Crippen molar-refractivity contribution < 1.29 is 18.3 Å². The predicted octanol–water partition coefficient (Wildman–Crippen LogP) is 3.06. The van der Waals surface area contributed by atoms with Crippen LogP contribution in [0.1, 0.15) is 30.9 Å². The monoisotopic (exact) mass is 373 g/mol. The third-order valence-electron chi connectivity index (χ3n) is 5.19. The van der Waals surface area contributed by atoms with Crippen LogP contribution < -0.4 is 0 Å². The molecule has 2 aromatic carbocycles. The molecule has 0 amide bonds. The summed E-state index contributed by atoms with van der Waals surface area (Å²) >= 11 is 0. The van der Waals surface area contributed by atoms with Gasteiger partial charge in [0.1, 0.15) is 0 Å². The zero-order valence-electron chi connectivity index (χ0n) is 14.8. The molecule has 0 unspecified atom stereocenters. The summed E-state index contributed by atoms with van der Waals surface area (Å²) < 4.78 is 27.4. The molecule has 2 aromatic rings. The van der Waals surface area contributed by atoms with Crippen LogP contribution in [0.15, 0.2) is 59.5 Å². The summed E-state index contributed by atoms with van der Waals surface area (Å²) in [5, 5.41) is 8.92. The molecule has 1 aliphatic rings. The van der Waals surface area contributed by atoms with Crippen molar-refractivity contribution in [2.24, 2.45) is 0 Å². The van der Waals surface area contributed by atoms with Gasteiger partial charge in [-0.1, -0.05) is 49.4 Å². The van der Waals surface area contributed by atoms with Crippen LogP contribution in [0.5, 0.6) is 0 Å². The van der Waals surface area contributed by atoms with Gasteiger partial charge in [-0.15, -0.1) is 0 Å². The quantitative estimate of drug-likeness (QED) is 0.874. The van der Waals surface area contributed by atoms with Crippen molar-refractivity contribution in [3.63, 3.8) is 0 Å². The molecular formula is C20H23NO4S. The van der Waals surface area contributed by atoms with Gasteiger partial charge in [0.25, 0.3) is 0 Å². The van der Waals surface area contributed by atoms with E-state index < -0.39 is 16.0 Å². The zero-order valence-corrected chi connectivity index (χ0v) is 15.6. The molecule has 0 saturated carbocycles. The highest BCUT2D eigenvalue weighted by atomic mass is 32.2. The zero-order chi connectivity index (χ0) is 18.8. The molecule has 138 valence electrons. The summed E-state index contributed by atoms with van der Waals surface area (Å²) in [5.74, 6) is -0.976. The van der Waals surface area contributed by atoms with E-state index in [4.69, 9.17) is 5.11 Å². The van der Waals surface area contributed by atoms with Crippen molar-refractivity contribution in [1.29, 1.82) is 0 Å². The number of sulfonamides is 1. The van der Waals surface area contributed by atoms with Gasteiger partial charge >= 0.3 is 5.97 Å². The first kappa shape index (κ1) is 18.6. The van der Waals surface area contributed by atoms with Gasteiger partial charge in [0, 0.05) is 13.1 Å². The Hall–Kier alpha value is -2.18. The smallest absolute Gasteiger partial charge is 0.307 e. The van der Waals surface area contributed by atoms with Crippen molar-refractivity contribution >= 4 is 16.0 Å². The van der Waals surface area contributed by atoms with E-state index in [1.165, 1.54) is 22.0 Å². The molecule has 0 radical (unpaired) electrons. The maximum atomic E-state index is 13.0. The molecule has 0 atom stereocenters. The van der Waals surface area contributed by atoms with Gasteiger partial charge in [-0.3, -0.25) is 4.79 Å². The maximum absolute atomic E-state index is 13.0. The van der Waals surface area contributed by atoms with Crippen molar-refractivity contribution in [3.8, 4) is 0 Å². The van der Waals surface area contributed by atoms with E-state index in [0.717, 1.165) is 12.8 Å². The molecule has 0 spiro atoms. The maximum Gasteiger partial charge on any atom is 0.307 e. The summed E-state index contributed by atoms with van der Waals surface area (Å²) in [6.45, 7) is 3.09. The van der Waals surface area contributed by atoms with Crippen molar-refractivity contribution in [1.82, 2.24) is 4.31 Å². The number of carbonyl (C=O) groups is 1. The number of aliphatic carboxylic acids is 1. The van der Waals surface area contributed by atoms with Gasteiger partial charge in [0.05, 0.1) is 11.3 Å². The number of hydrogen-bond donors (Lipinski definition) is 1. The molecular weight excluding hydrogens is 350 g/mol. The number of hydrogen-bond acceptors (Lipinski definition) is 3. The molecule has 26 heavy (non-hydrogen) atoms. The second kappa shape index (κ2) is 7.21. The Morgan fingerprint density at radius 1 is 1.08 bits per heavy atom. The Kier molecular flexibility index (Phi) is 5.16. The minimum Gasteiger partial charge on any atom is -0.481 e. The Morgan fingerprint density at radius 2 is 1.73 bits per heavy atom. The van der Waals surface area contributed by atoms with Gasteiger partial charge in [0.15, 0.2) is 0 Å². The van der Waals surface area contributed by atoms with Crippen LogP contribution >= 0.6 is 0 Å². The van der Waals surface area contributed by atoms with E-state index in [1.54, 1.807) is 12.1 Å². The van der Waals surface area contributed by atoms with Crippen molar-refractivity contribution in [3.05, 3.63) is 65.7 Å². The second-order valence-corrected chi connectivity index (χ2v) is 8.99. The number of benzene rings is 2. The molecule has 0 bridgehead atoms. The fourth-order valence-electron chi connectivity index (χ4n) is 3.49. The molecule has 1 heterocycles. The highest BCUT2D eigenvalue weighted by Crippen LogP contribution is 2.36. The van der Waals surface area contributed by atoms with E-state index in [1.807, 2.05) is 18.2 Å². The van der Waals surface area contributed by atoms with Gasteiger partial charge in [-0.2, -0.15) is 4.31 Å². The molecule has 5 nitrogen and oxygen atoms in total. The largest absolute Gasteiger partial charge is 0.481 e. The first-order valence-electron chi connectivity index (χ1n) is 8.68. The highest BCUT2D eigenvalue weighted by Gasteiger charge is 2.36. The number of carboxylic acid groups (broad SMARTS) is 1. The van der Waals surface area contributed by atoms with Gasteiger partial charge in [-0.05, 0) is 41.5 Å². The summed E-state index contributed by atoms with van der Waals surface area (Å²) in [5.41, 5.74) is 1.70. The van der Waals surface area contributed by atoms with Gasteiger partial charge < -0.3 is 5.11 Å². The molecule has 0 aliphatic carbocycles. The summed E-state index contributed by atoms with van der Waals surface area (Å²) in [4.78, 5) is 11.0. The van der Waals surface area contributed by atoms with Gasteiger partial charge in [0.2, 0.25) is 10.0 Å². The normalized spacial score (nSPS) is 17.7. The predicted molar refractivity (Wildman–Crippen MR) is 99.6 cm³/mol. The molecule has 0 aromatic heterocycles. The SMILES string of the molecule is CC1(c2ccccc2)CCN(S(=O)(=O)c2cccc(CC(=O)O)c2)CC1. The van der Waals surface area contributed by atoms with E-state index in [-0.39, 0.29) is 16.7 Å². The summed E-state index contributed by atoms with van der Waals surface area (Å²) in [7, 11) is -3.61. The molecule has 6 heteroatoms. The topological polar surface area (TPSA) is 74.7 Å². The molecule has 1 fully saturated rings. The van der Waals surface area contributed by atoms with Gasteiger partial charge in [-0.25, -0.2) is 8.42 Å². The lowest BCUT2D eigenvalue weighted by molar-refractivity contribution is -0.136. The average molecular weight is 373 g/mol. The van der Waals surface area contributed by atoms with Crippen LogP contribution in [0, 0.1) is 0 Å². The van der Waals surface area contributed by atoms with Crippen LogP contribution in [0.4, 0.5) is 0 Å². The van der Waals surface area contributed by atoms with Crippen LogP contribution in [0.25, 0.3) is 0 Å². The molecule has 3 rings (SSSR count). The number of piperidine rings is 1. The Bertz CT molecular complexity index is 885. The van der Waals surface area contributed by atoms with E-state index in [0.29, 0.717) is 18.7 Å². The first-order valence-corrected chi connectivity index (χ1v) is 10.1. The summed E-state index contributed by atoms with van der Waals surface area (Å²) in [6.07, 6.45) is 1.32. The number of nitrogens with zero attached hydrogens (tertiary/aromatic N) is 1. The van der Waals surface area contributed by atoms with Crippen molar-refractivity contribution in [2.75, 3.05) is 13.1 Å². The Morgan fingerprint density at radius 3 is 2.35 bits per heavy atom. The lowest BCUT2D eigenvalue weighted by Crippen LogP contribution is -2.43. The van der Waals surface area contributed by atoms with Crippen LogP contribution in [-0.4, -0.2) is 36.9 Å². The number of carboxylic acids is 1. The van der Waals surface area contributed by atoms with E-state index >= 15 is 0 Å². The lowest BCUT2D eigenvalue weighted by atomic mass is 9.75. The minimum atomic E-state index is -3.61.